The highest BCUT2D eigenvalue weighted by molar-refractivity contribution is 6.30. The Labute approximate surface area is 144 Å². The first-order chi connectivity index (χ1) is 11.7. The van der Waals surface area contributed by atoms with Gasteiger partial charge in [-0.05, 0) is 19.1 Å². The molecule has 0 bridgehead atoms. The Morgan fingerprint density at radius 3 is 2.54 bits per heavy atom. The number of benzene rings is 2. The van der Waals surface area contributed by atoms with Crippen molar-refractivity contribution in [2.45, 2.75) is 13.5 Å². The molecule has 2 aromatic carbocycles. The zero-order chi connectivity index (χ0) is 16.5. The molecular formula is C19H15ClN4. The molecule has 4 rings (SSSR count). The maximum Gasteiger partial charge on any atom is 0.158 e. The molecule has 2 heterocycles. The number of hydrogen-bond acceptors (Lipinski definition) is 3. The summed E-state index contributed by atoms with van der Waals surface area (Å²) in [4.78, 5) is 9.04. The van der Waals surface area contributed by atoms with Gasteiger partial charge in [-0.3, -0.25) is 0 Å². The molecule has 0 unspecified atom stereocenters. The maximum atomic E-state index is 6.39. The van der Waals surface area contributed by atoms with Crippen molar-refractivity contribution >= 4 is 22.5 Å². The largest absolute Gasteiger partial charge is 0.241 e. The Hall–Kier alpha value is -2.72. The molecular weight excluding hydrogens is 320 g/mol. The van der Waals surface area contributed by atoms with Crippen LogP contribution in [0.15, 0.2) is 60.7 Å². The summed E-state index contributed by atoms with van der Waals surface area (Å²) in [5.41, 5.74) is 2.85. The van der Waals surface area contributed by atoms with Gasteiger partial charge in [0.25, 0.3) is 0 Å². The Morgan fingerprint density at radius 1 is 0.958 bits per heavy atom. The van der Waals surface area contributed by atoms with Gasteiger partial charge in [0.15, 0.2) is 5.82 Å². The molecule has 0 aliphatic heterocycles. The number of rotatable bonds is 3. The van der Waals surface area contributed by atoms with E-state index in [-0.39, 0.29) is 0 Å². The molecule has 0 aliphatic rings. The van der Waals surface area contributed by atoms with Crippen molar-refractivity contribution in [3.63, 3.8) is 0 Å². The van der Waals surface area contributed by atoms with Gasteiger partial charge in [-0.1, -0.05) is 60.1 Å². The average molecular weight is 335 g/mol. The molecule has 2 aromatic heterocycles. The summed E-state index contributed by atoms with van der Waals surface area (Å²) in [7, 11) is 0. The molecule has 4 aromatic rings. The second kappa shape index (κ2) is 6.06. The highest BCUT2D eigenvalue weighted by atomic mass is 35.5. The number of aromatic nitrogens is 4. The fourth-order valence-electron chi connectivity index (χ4n) is 2.77. The minimum Gasteiger partial charge on any atom is -0.241 e. The zero-order valence-corrected chi connectivity index (χ0v) is 13.9. The first kappa shape index (κ1) is 14.8. The van der Waals surface area contributed by atoms with Gasteiger partial charge in [0.1, 0.15) is 11.0 Å². The van der Waals surface area contributed by atoms with Gasteiger partial charge in [-0.2, -0.15) is 5.10 Å². The van der Waals surface area contributed by atoms with Crippen LogP contribution in [-0.4, -0.2) is 19.7 Å². The van der Waals surface area contributed by atoms with Crippen molar-refractivity contribution in [1.82, 2.24) is 19.7 Å². The zero-order valence-electron chi connectivity index (χ0n) is 13.1. The van der Waals surface area contributed by atoms with Crippen LogP contribution in [0.3, 0.4) is 0 Å². The molecule has 5 heteroatoms. The van der Waals surface area contributed by atoms with Crippen molar-refractivity contribution in [1.29, 1.82) is 0 Å². The van der Waals surface area contributed by atoms with Crippen LogP contribution < -0.4 is 0 Å². The average Bonchev–Trinajstić information content (AvgIpc) is 2.97. The maximum absolute atomic E-state index is 6.39. The van der Waals surface area contributed by atoms with E-state index in [4.69, 9.17) is 11.6 Å². The molecule has 4 nitrogen and oxygen atoms in total. The van der Waals surface area contributed by atoms with E-state index < -0.39 is 0 Å². The monoisotopic (exact) mass is 334 g/mol. The number of para-hydroxylation sites is 1. The number of fused-ring (bicyclic) bond motifs is 1. The van der Waals surface area contributed by atoms with E-state index in [1.807, 2.05) is 66.2 Å². The Morgan fingerprint density at radius 2 is 1.71 bits per heavy atom. The van der Waals surface area contributed by atoms with Crippen molar-refractivity contribution in [2.24, 2.45) is 0 Å². The lowest BCUT2D eigenvalue weighted by Gasteiger charge is -2.09. The third kappa shape index (κ3) is 2.76. The van der Waals surface area contributed by atoms with E-state index in [9.17, 15) is 0 Å². The number of hydrogen-bond donors (Lipinski definition) is 0. The van der Waals surface area contributed by atoms with Crippen LogP contribution in [-0.2, 0) is 6.54 Å². The first-order valence-corrected chi connectivity index (χ1v) is 8.09. The predicted molar refractivity (Wildman–Crippen MR) is 96.1 cm³/mol. The molecule has 0 radical (unpaired) electrons. The highest BCUT2D eigenvalue weighted by Crippen LogP contribution is 2.23. The summed E-state index contributed by atoms with van der Waals surface area (Å²) in [5, 5.41) is 6.09. The standard InChI is InChI=1S/C19H15ClN4/c1-13-21-19(14-7-3-2-4-8-14)24(23-13)12-16-11-15-9-5-6-10-17(15)22-18(16)20/h2-11H,12H2,1H3. The lowest BCUT2D eigenvalue weighted by atomic mass is 10.1. The Balaban J connectivity index is 1.78. The summed E-state index contributed by atoms with van der Waals surface area (Å²) in [6, 6.07) is 20.0. The van der Waals surface area contributed by atoms with Gasteiger partial charge < -0.3 is 0 Å². The summed E-state index contributed by atoms with van der Waals surface area (Å²) in [5.74, 6) is 1.57. The second-order valence-corrected chi connectivity index (χ2v) is 6.00. The van der Waals surface area contributed by atoms with E-state index in [1.165, 1.54) is 0 Å². The van der Waals surface area contributed by atoms with Crippen LogP contribution in [0.5, 0.6) is 0 Å². The Bertz CT molecular complexity index is 1010. The lowest BCUT2D eigenvalue weighted by Crippen LogP contribution is -2.05. The number of aryl methyl sites for hydroxylation is 1. The van der Waals surface area contributed by atoms with Crippen LogP contribution >= 0.6 is 11.6 Å². The third-order valence-electron chi connectivity index (χ3n) is 3.88. The smallest absolute Gasteiger partial charge is 0.158 e. The molecule has 0 amide bonds. The van der Waals surface area contributed by atoms with E-state index >= 15 is 0 Å². The fraction of sp³-hybridized carbons (Fsp3) is 0.105. The van der Waals surface area contributed by atoms with Crippen LogP contribution in [0.2, 0.25) is 5.15 Å². The molecule has 24 heavy (non-hydrogen) atoms. The third-order valence-corrected chi connectivity index (χ3v) is 4.21. The lowest BCUT2D eigenvalue weighted by molar-refractivity contribution is 0.685. The van der Waals surface area contributed by atoms with Crippen LogP contribution in [0, 0.1) is 6.92 Å². The van der Waals surface area contributed by atoms with Gasteiger partial charge >= 0.3 is 0 Å². The van der Waals surface area contributed by atoms with Crippen LogP contribution in [0.4, 0.5) is 0 Å². The number of halogens is 1. The minimum atomic E-state index is 0.501. The van der Waals surface area contributed by atoms with Crippen molar-refractivity contribution in [2.75, 3.05) is 0 Å². The van der Waals surface area contributed by atoms with Gasteiger partial charge in [0.2, 0.25) is 0 Å². The molecule has 0 saturated heterocycles. The molecule has 0 spiro atoms. The normalized spacial score (nSPS) is 11.1. The van der Waals surface area contributed by atoms with Crippen LogP contribution in [0.25, 0.3) is 22.3 Å². The topological polar surface area (TPSA) is 43.6 Å². The van der Waals surface area contributed by atoms with Gasteiger partial charge in [-0.25, -0.2) is 14.6 Å². The van der Waals surface area contributed by atoms with Gasteiger partial charge in [0.05, 0.1) is 12.1 Å². The van der Waals surface area contributed by atoms with E-state index in [1.54, 1.807) is 0 Å². The fourth-order valence-corrected chi connectivity index (χ4v) is 2.98. The first-order valence-electron chi connectivity index (χ1n) is 7.72. The molecule has 0 N–H and O–H groups in total. The molecule has 0 fully saturated rings. The predicted octanol–water partition coefficient (Wildman–Crippen LogP) is 4.50. The molecule has 0 atom stereocenters. The Kier molecular flexibility index (Phi) is 3.75. The number of pyridine rings is 1. The quantitative estimate of drug-likeness (QED) is 0.518. The summed E-state index contributed by atoms with van der Waals surface area (Å²) < 4.78 is 1.88. The summed E-state index contributed by atoms with van der Waals surface area (Å²) in [6.45, 7) is 2.42. The van der Waals surface area contributed by atoms with Crippen molar-refractivity contribution in [3.05, 3.63) is 77.2 Å². The summed E-state index contributed by atoms with van der Waals surface area (Å²) >= 11 is 6.39. The molecule has 118 valence electrons. The van der Waals surface area contributed by atoms with Gasteiger partial charge in [0, 0.05) is 16.5 Å². The molecule has 0 aliphatic carbocycles. The van der Waals surface area contributed by atoms with Gasteiger partial charge in [-0.15, -0.1) is 0 Å². The highest BCUT2D eigenvalue weighted by Gasteiger charge is 2.13. The van der Waals surface area contributed by atoms with E-state index in [2.05, 4.69) is 21.1 Å². The van der Waals surface area contributed by atoms with E-state index in [0.29, 0.717) is 11.7 Å². The minimum absolute atomic E-state index is 0.501. The van der Waals surface area contributed by atoms with Crippen molar-refractivity contribution in [3.8, 4) is 11.4 Å². The van der Waals surface area contributed by atoms with Crippen molar-refractivity contribution < 1.29 is 0 Å². The second-order valence-electron chi connectivity index (χ2n) is 5.64. The molecule has 0 saturated carbocycles. The van der Waals surface area contributed by atoms with E-state index in [0.717, 1.165) is 33.7 Å². The SMILES string of the molecule is Cc1nc(-c2ccccc2)n(Cc2cc3ccccc3nc2Cl)n1. The number of nitrogens with zero attached hydrogens (tertiary/aromatic N) is 4. The summed E-state index contributed by atoms with van der Waals surface area (Å²) in [6.07, 6.45) is 0. The van der Waals surface area contributed by atoms with Crippen LogP contribution in [0.1, 0.15) is 11.4 Å².